The van der Waals surface area contributed by atoms with Crippen LogP contribution in [0.25, 0.3) is 0 Å². The number of ether oxygens (including phenoxy) is 1. The lowest BCUT2D eigenvalue weighted by Gasteiger charge is -2.30. The second-order valence-electron chi connectivity index (χ2n) is 5.61. The largest absolute Gasteiger partial charge is 0.466 e. The van der Waals surface area contributed by atoms with E-state index in [1.54, 1.807) is 6.08 Å². The Morgan fingerprint density at radius 2 is 2.11 bits per heavy atom. The fourth-order valence-corrected chi connectivity index (χ4v) is 3.51. The summed E-state index contributed by atoms with van der Waals surface area (Å²) in [4.78, 5) is 21.9. The Morgan fingerprint density at radius 3 is 2.68 bits per heavy atom. The maximum absolute atomic E-state index is 11.2. The van der Waals surface area contributed by atoms with Crippen molar-refractivity contribution in [2.75, 3.05) is 6.61 Å². The van der Waals surface area contributed by atoms with Gasteiger partial charge in [0.15, 0.2) is 0 Å². The van der Waals surface area contributed by atoms with Gasteiger partial charge in [-0.3, -0.25) is 14.9 Å². The summed E-state index contributed by atoms with van der Waals surface area (Å²) in [6, 6.07) is 0. The van der Waals surface area contributed by atoms with E-state index < -0.39 is 0 Å². The number of esters is 1. The third kappa shape index (κ3) is 3.33. The number of nitro groups is 1. The van der Waals surface area contributed by atoms with Crippen molar-refractivity contribution in [1.82, 2.24) is 0 Å². The number of hydrogen-bond acceptors (Lipinski definition) is 4. The number of carbonyl (C=O) groups is 1. The monoisotopic (exact) mass is 267 g/mol. The minimum absolute atomic E-state index is 0.0327. The average molecular weight is 267 g/mol. The van der Waals surface area contributed by atoms with Gasteiger partial charge in [0.25, 0.3) is 0 Å². The topological polar surface area (TPSA) is 69.4 Å². The summed E-state index contributed by atoms with van der Waals surface area (Å²) < 4.78 is 5.08. The highest BCUT2D eigenvalue weighted by Crippen LogP contribution is 2.43. The van der Waals surface area contributed by atoms with Crippen LogP contribution in [-0.4, -0.2) is 17.5 Å². The van der Waals surface area contributed by atoms with Gasteiger partial charge >= 0.3 is 5.97 Å². The van der Waals surface area contributed by atoms with Gasteiger partial charge in [0.05, 0.1) is 17.4 Å². The standard InChI is InChI=1S/C14H21NO4/c1-10(16)19-9-12-7-8-13(15(17)18)14(12)11-5-3-2-4-6-11/h8,11-12,14H,2-7,9H2,1H3/t12-,14+/m0/s1. The summed E-state index contributed by atoms with van der Waals surface area (Å²) >= 11 is 0. The minimum Gasteiger partial charge on any atom is -0.466 e. The highest BCUT2D eigenvalue weighted by Gasteiger charge is 2.43. The van der Waals surface area contributed by atoms with Gasteiger partial charge in [-0.25, -0.2) is 0 Å². The van der Waals surface area contributed by atoms with Crippen LogP contribution in [0, 0.1) is 27.9 Å². The first-order chi connectivity index (χ1) is 9.09. The van der Waals surface area contributed by atoms with E-state index in [2.05, 4.69) is 0 Å². The highest BCUT2D eigenvalue weighted by molar-refractivity contribution is 5.65. The first-order valence-corrected chi connectivity index (χ1v) is 7.07. The number of allylic oxidation sites excluding steroid dienone is 2. The fourth-order valence-electron chi connectivity index (χ4n) is 3.51. The Bertz CT molecular complexity index is 385. The van der Waals surface area contributed by atoms with Crippen molar-refractivity contribution < 1.29 is 14.5 Å². The summed E-state index contributed by atoms with van der Waals surface area (Å²) in [5.41, 5.74) is 0.351. The molecule has 2 aliphatic rings. The average Bonchev–Trinajstić information content (AvgIpc) is 2.81. The zero-order valence-corrected chi connectivity index (χ0v) is 11.3. The van der Waals surface area contributed by atoms with Crippen LogP contribution in [0.3, 0.4) is 0 Å². The van der Waals surface area contributed by atoms with Crippen molar-refractivity contribution in [1.29, 1.82) is 0 Å². The normalized spacial score (nSPS) is 27.9. The molecule has 0 heterocycles. The zero-order valence-electron chi connectivity index (χ0n) is 11.3. The molecular weight excluding hydrogens is 246 g/mol. The molecule has 0 unspecified atom stereocenters. The Balaban J connectivity index is 2.07. The predicted octanol–water partition coefficient (Wildman–Crippen LogP) is 2.93. The maximum Gasteiger partial charge on any atom is 0.302 e. The second-order valence-corrected chi connectivity index (χ2v) is 5.61. The Morgan fingerprint density at radius 1 is 1.42 bits per heavy atom. The first-order valence-electron chi connectivity index (χ1n) is 7.07. The number of carbonyl (C=O) groups excluding carboxylic acids is 1. The number of hydrogen-bond donors (Lipinski definition) is 0. The smallest absolute Gasteiger partial charge is 0.302 e. The molecule has 0 aliphatic heterocycles. The van der Waals surface area contributed by atoms with E-state index in [0.29, 0.717) is 24.6 Å². The molecule has 106 valence electrons. The molecule has 0 aromatic rings. The molecule has 2 rings (SSSR count). The van der Waals surface area contributed by atoms with Crippen LogP contribution in [0.5, 0.6) is 0 Å². The summed E-state index contributed by atoms with van der Waals surface area (Å²) in [7, 11) is 0. The lowest BCUT2D eigenvalue weighted by Crippen LogP contribution is -2.29. The van der Waals surface area contributed by atoms with Gasteiger partial charge in [-0.15, -0.1) is 0 Å². The van der Waals surface area contributed by atoms with Crippen molar-refractivity contribution in [3.63, 3.8) is 0 Å². The SMILES string of the molecule is CC(=O)OC[C@@H]1CC=C([N+](=O)[O-])[C@@H]1C1CCCCC1. The van der Waals surface area contributed by atoms with Gasteiger partial charge in [0.2, 0.25) is 5.70 Å². The summed E-state index contributed by atoms with van der Waals surface area (Å²) in [5.74, 6) is 0.132. The molecule has 0 aromatic carbocycles. The molecule has 1 saturated carbocycles. The molecule has 5 heteroatoms. The molecule has 2 atom stereocenters. The molecule has 5 nitrogen and oxygen atoms in total. The Kier molecular flexibility index (Phi) is 4.56. The second kappa shape index (κ2) is 6.17. The first kappa shape index (κ1) is 14.0. The third-order valence-electron chi connectivity index (χ3n) is 4.35. The van der Waals surface area contributed by atoms with E-state index in [4.69, 9.17) is 4.74 Å². The summed E-state index contributed by atoms with van der Waals surface area (Å²) in [6.07, 6.45) is 8.06. The van der Waals surface area contributed by atoms with Crippen LogP contribution in [0.1, 0.15) is 45.4 Å². The molecular formula is C14H21NO4. The third-order valence-corrected chi connectivity index (χ3v) is 4.35. The molecule has 0 amide bonds. The zero-order chi connectivity index (χ0) is 13.8. The van der Waals surface area contributed by atoms with Gasteiger partial charge in [0, 0.05) is 12.8 Å². The van der Waals surface area contributed by atoms with Crippen molar-refractivity contribution in [3.05, 3.63) is 21.9 Å². The molecule has 0 aromatic heterocycles. The van der Waals surface area contributed by atoms with Gasteiger partial charge < -0.3 is 4.74 Å². The van der Waals surface area contributed by atoms with Crippen LogP contribution in [0.15, 0.2) is 11.8 Å². The number of nitrogens with zero attached hydrogens (tertiary/aromatic N) is 1. The molecule has 0 spiro atoms. The van der Waals surface area contributed by atoms with E-state index >= 15 is 0 Å². The summed E-state index contributed by atoms with van der Waals surface area (Å²) in [6.45, 7) is 1.69. The quantitative estimate of drug-likeness (QED) is 0.446. The van der Waals surface area contributed by atoms with Crippen LogP contribution < -0.4 is 0 Å². The molecule has 1 fully saturated rings. The molecule has 0 bridgehead atoms. The van der Waals surface area contributed by atoms with E-state index in [9.17, 15) is 14.9 Å². The van der Waals surface area contributed by atoms with Gasteiger partial charge in [-0.2, -0.15) is 0 Å². The van der Waals surface area contributed by atoms with E-state index in [1.165, 1.54) is 13.3 Å². The molecule has 0 saturated heterocycles. The fraction of sp³-hybridized carbons (Fsp3) is 0.786. The summed E-state index contributed by atoms with van der Waals surface area (Å²) in [5, 5.41) is 11.2. The van der Waals surface area contributed by atoms with E-state index in [0.717, 1.165) is 25.7 Å². The lowest BCUT2D eigenvalue weighted by atomic mass is 9.75. The van der Waals surface area contributed by atoms with Crippen molar-refractivity contribution in [2.24, 2.45) is 17.8 Å². The molecule has 2 aliphatic carbocycles. The molecule has 19 heavy (non-hydrogen) atoms. The lowest BCUT2D eigenvalue weighted by molar-refractivity contribution is -0.435. The van der Waals surface area contributed by atoms with Gasteiger partial charge in [-0.05, 0) is 31.3 Å². The Labute approximate surface area is 113 Å². The number of rotatable bonds is 4. The van der Waals surface area contributed by atoms with Crippen LogP contribution in [-0.2, 0) is 9.53 Å². The maximum atomic E-state index is 11.2. The van der Waals surface area contributed by atoms with Crippen molar-refractivity contribution >= 4 is 5.97 Å². The molecule has 0 radical (unpaired) electrons. The van der Waals surface area contributed by atoms with Gasteiger partial charge in [0.1, 0.15) is 0 Å². The van der Waals surface area contributed by atoms with E-state index in [-0.39, 0.29) is 22.7 Å². The predicted molar refractivity (Wildman–Crippen MR) is 69.9 cm³/mol. The Hall–Kier alpha value is -1.39. The van der Waals surface area contributed by atoms with E-state index in [1.807, 2.05) is 0 Å². The molecule has 0 N–H and O–H groups in total. The van der Waals surface area contributed by atoms with Crippen LogP contribution in [0.2, 0.25) is 0 Å². The highest BCUT2D eigenvalue weighted by atomic mass is 16.6. The minimum atomic E-state index is -0.308. The van der Waals surface area contributed by atoms with Crippen LogP contribution >= 0.6 is 0 Å². The van der Waals surface area contributed by atoms with Crippen molar-refractivity contribution in [2.45, 2.75) is 45.4 Å². The van der Waals surface area contributed by atoms with Crippen LogP contribution in [0.4, 0.5) is 0 Å². The van der Waals surface area contributed by atoms with Gasteiger partial charge in [-0.1, -0.05) is 19.3 Å². The van der Waals surface area contributed by atoms with Crippen molar-refractivity contribution in [3.8, 4) is 0 Å².